The molecule has 0 atom stereocenters. The van der Waals surface area contributed by atoms with Gasteiger partial charge in [0.2, 0.25) is 5.91 Å². The number of carbonyl (C=O) groups is 1. The normalized spacial score (nSPS) is 11.1. The SMILES string of the molecule is COc1ccc(-c2cn(CC(=O)Nc3ccc(-c4ccc5nc(-c6nccs6)sc5c4)cc3)nn2)cc1. The molecule has 8 nitrogen and oxygen atoms in total. The van der Waals surface area contributed by atoms with Crippen LogP contribution in [0.25, 0.3) is 42.6 Å². The number of hydrogen-bond donors (Lipinski definition) is 1. The van der Waals surface area contributed by atoms with Crippen LogP contribution >= 0.6 is 22.7 Å². The molecule has 0 saturated heterocycles. The largest absolute Gasteiger partial charge is 0.497 e. The zero-order chi connectivity index (χ0) is 25.2. The third kappa shape index (κ3) is 4.97. The molecule has 1 amide bonds. The van der Waals surface area contributed by atoms with Gasteiger partial charge in [-0.05, 0) is 59.7 Å². The molecular formula is C27H20N6O2S2. The predicted octanol–water partition coefficient (Wildman–Crippen LogP) is 5.99. The lowest BCUT2D eigenvalue weighted by molar-refractivity contribution is -0.116. The van der Waals surface area contributed by atoms with Crippen LogP contribution in [-0.4, -0.2) is 38.0 Å². The number of methoxy groups -OCH3 is 1. The van der Waals surface area contributed by atoms with Crippen molar-refractivity contribution in [3.8, 4) is 38.1 Å². The molecule has 3 aromatic heterocycles. The van der Waals surface area contributed by atoms with Gasteiger partial charge in [0, 0.05) is 22.8 Å². The number of nitrogens with one attached hydrogen (secondary N) is 1. The minimum Gasteiger partial charge on any atom is -0.497 e. The Morgan fingerprint density at radius 1 is 0.973 bits per heavy atom. The topological polar surface area (TPSA) is 94.8 Å². The average Bonchev–Trinajstić information content (AvgIpc) is 3.69. The fourth-order valence-corrected chi connectivity index (χ4v) is 5.57. The van der Waals surface area contributed by atoms with Crippen LogP contribution in [0.15, 0.2) is 84.5 Å². The number of hydrogen-bond acceptors (Lipinski definition) is 8. The molecule has 0 aliphatic rings. The number of anilines is 1. The van der Waals surface area contributed by atoms with Crippen molar-refractivity contribution in [1.29, 1.82) is 0 Å². The van der Waals surface area contributed by atoms with E-state index in [1.807, 2.05) is 60.0 Å². The second-order valence-electron chi connectivity index (χ2n) is 8.19. The Kier molecular flexibility index (Phi) is 6.17. The summed E-state index contributed by atoms with van der Waals surface area (Å²) in [5, 5.41) is 15.0. The summed E-state index contributed by atoms with van der Waals surface area (Å²) in [5.74, 6) is 0.589. The molecule has 0 unspecified atom stereocenters. The highest BCUT2D eigenvalue weighted by Gasteiger charge is 2.11. The minimum absolute atomic E-state index is 0.0639. The van der Waals surface area contributed by atoms with Crippen molar-refractivity contribution in [3.63, 3.8) is 0 Å². The van der Waals surface area contributed by atoms with E-state index >= 15 is 0 Å². The number of carbonyl (C=O) groups excluding carboxylic acids is 1. The number of nitrogens with zero attached hydrogens (tertiary/aromatic N) is 5. The first-order chi connectivity index (χ1) is 18.1. The molecule has 0 aliphatic carbocycles. The van der Waals surface area contributed by atoms with Crippen LogP contribution in [0.5, 0.6) is 5.75 Å². The summed E-state index contributed by atoms with van der Waals surface area (Å²) in [6.45, 7) is 0.0639. The van der Waals surface area contributed by atoms with Crippen molar-refractivity contribution in [2.45, 2.75) is 6.54 Å². The van der Waals surface area contributed by atoms with E-state index in [1.54, 1.807) is 42.2 Å². The van der Waals surface area contributed by atoms with Crippen LogP contribution in [0.4, 0.5) is 5.69 Å². The number of rotatable bonds is 7. The molecule has 0 bridgehead atoms. The van der Waals surface area contributed by atoms with Crippen LogP contribution in [-0.2, 0) is 11.3 Å². The van der Waals surface area contributed by atoms with Crippen molar-refractivity contribution in [2.75, 3.05) is 12.4 Å². The summed E-state index contributed by atoms with van der Waals surface area (Å²) in [5.41, 5.74) is 5.42. The van der Waals surface area contributed by atoms with E-state index in [1.165, 1.54) is 4.68 Å². The minimum atomic E-state index is -0.181. The fourth-order valence-electron chi connectivity index (χ4n) is 3.89. The molecule has 1 N–H and O–H groups in total. The second kappa shape index (κ2) is 9.92. The van der Waals surface area contributed by atoms with Crippen LogP contribution < -0.4 is 10.1 Å². The van der Waals surface area contributed by atoms with Gasteiger partial charge >= 0.3 is 0 Å². The standard InChI is InChI=1S/C27H20N6O2S2/c1-35-21-9-4-18(5-10-21)23-15-33(32-31-23)16-25(34)29-20-7-2-17(3-8-20)19-6-11-22-24(14-19)37-27(30-22)26-28-12-13-36-26/h2-15H,16H2,1H3,(H,29,34). The average molecular weight is 525 g/mol. The van der Waals surface area contributed by atoms with Gasteiger partial charge in [-0.25, -0.2) is 14.6 Å². The maximum atomic E-state index is 12.6. The van der Waals surface area contributed by atoms with Crippen molar-refractivity contribution in [2.24, 2.45) is 0 Å². The molecule has 6 aromatic rings. The molecule has 0 aliphatic heterocycles. The Labute approximate surface area is 220 Å². The Hall–Kier alpha value is -4.41. The van der Waals surface area contributed by atoms with E-state index in [-0.39, 0.29) is 12.5 Å². The molecule has 182 valence electrons. The predicted molar refractivity (Wildman–Crippen MR) is 147 cm³/mol. The maximum absolute atomic E-state index is 12.6. The Morgan fingerprint density at radius 3 is 2.51 bits per heavy atom. The van der Waals surface area contributed by atoms with Gasteiger partial charge in [-0.3, -0.25) is 4.79 Å². The second-order valence-corrected chi connectivity index (χ2v) is 10.1. The van der Waals surface area contributed by atoms with E-state index in [0.717, 1.165) is 42.7 Å². The van der Waals surface area contributed by atoms with Gasteiger partial charge in [0.25, 0.3) is 0 Å². The molecule has 0 saturated carbocycles. The number of ether oxygens (including phenoxy) is 1. The molecular weight excluding hydrogens is 504 g/mol. The molecule has 6 rings (SSSR count). The first-order valence-electron chi connectivity index (χ1n) is 11.4. The molecule has 10 heteroatoms. The quantitative estimate of drug-likeness (QED) is 0.276. The lowest BCUT2D eigenvalue weighted by atomic mass is 10.1. The zero-order valence-electron chi connectivity index (χ0n) is 19.7. The Balaban J connectivity index is 1.11. The van der Waals surface area contributed by atoms with Crippen LogP contribution in [0.1, 0.15) is 0 Å². The maximum Gasteiger partial charge on any atom is 0.246 e. The third-order valence-corrected chi connectivity index (χ3v) is 7.67. The van der Waals surface area contributed by atoms with Gasteiger partial charge in [0.1, 0.15) is 18.0 Å². The van der Waals surface area contributed by atoms with Crippen LogP contribution in [0, 0.1) is 0 Å². The van der Waals surface area contributed by atoms with E-state index in [9.17, 15) is 4.79 Å². The van der Waals surface area contributed by atoms with Gasteiger partial charge in [-0.1, -0.05) is 23.4 Å². The highest BCUT2D eigenvalue weighted by Crippen LogP contribution is 2.34. The summed E-state index contributed by atoms with van der Waals surface area (Å²) in [4.78, 5) is 21.6. The first kappa shape index (κ1) is 23.0. The van der Waals surface area contributed by atoms with Gasteiger partial charge in [0.05, 0.1) is 23.5 Å². The summed E-state index contributed by atoms with van der Waals surface area (Å²) in [7, 11) is 1.62. The van der Waals surface area contributed by atoms with E-state index < -0.39 is 0 Å². The Bertz CT molecular complexity index is 1670. The van der Waals surface area contributed by atoms with Crippen molar-refractivity contribution in [3.05, 3.63) is 84.5 Å². The number of fused-ring (bicyclic) bond motifs is 1. The smallest absolute Gasteiger partial charge is 0.246 e. The van der Waals surface area contributed by atoms with E-state index in [0.29, 0.717) is 11.4 Å². The zero-order valence-corrected chi connectivity index (χ0v) is 21.3. The lowest BCUT2D eigenvalue weighted by Gasteiger charge is -2.07. The van der Waals surface area contributed by atoms with Crippen LogP contribution in [0.3, 0.4) is 0 Å². The molecule has 3 aromatic carbocycles. The monoisotopic (exact) mass is 524 g/mol. The lowest BCUT2D eigenvalue weighted by Crippen LogP contribution is -2.19. The number of aromatic nitrogens is 5. The molecule has 0 radical (unpaired) electrons. The van der Waals surface area contributed by atoms with E-state index in [2.05, 4.69) is 32.7 Å². The number of benzene rings is 3. The third-order valence-electron chi connectivity index (χ3n) is 5.74. The van der Waals surface area contributed by atoms with Crippen molar-refractivity contribution >= 4 is 44.5 Å². The van der Waals surface area contributed by atoms with Gasteiger partial charge < -0.3 is 10.1 Å². The van der Waals surface area contributed by atoms with E-state index in [4.69, 9.17) is 9.72 Å². The molecule has 0 fully saturated rings. The number of thiazole rings is 2. The summed E-state index contributed by atoms with van der Waals surface area (Å²) < 4.78 is 7.82. The van der Waals surface area contributed by atoms with Gasteiger partial charge in [-0.2, -0.15) is 0 Å². The van der Waals surface area contributed by atoms with Gasteiger partial charge in [0.15, 0.2) is 10.0 Å². The first-order valence-corrected chi connectivity index (χ1v) is 13.1. The highest BCUT2D eigenvalue weighted by molar-refractivity contribution is 7.25. The molecule has 3 heterocycles. The fraction of sp³-hybridized carbons (Fsp3) is 0.0741. The summed E-state index contributed by atoms with van der Waals surface area (Å²) in [6, 6.07) is 21.6. The summed E-state index contributed by atoms with van der Waals surface area (Å²) >= 11 is 3.23. The van der Waals surface area contributed by atoms with Gasteiger partial charge in [-0.15, -0.1) is 27.8 Å². The van der Waals surface area contributed by atoms with Crippen molar-refractivity contribution in [1.82, 2.24) is 25.0 Å². The van der Waals surface area contributed by atoms with Crippen LogP contribution in [0.2, 0.25) is 0 Å². The summed E-state index contributed by atoms with van der Waals surface area (Å²) in [6.07, 6.45) is 3.55. The molecule has 37 heavy (non-hydrogen) atoms. The number of amides is 1. The van der Waals surface area contributed by atoms with Crippen molar-refractivity contribution < 1.29 is 9.53 Å². The Morgan fingerprint density at radius 2 is 1.76 bits per heavy atom. The highest BCUT2D eigenvalue weighted by atomic mass is 32.1. The molecule has 0 spiro atoms.